The van der Waals surface area contributed by atoms with E-state index in [0.717, 1.165) is 23.5 Å². The van der Waals surface area contributed by atoms with Crippen LogP contribution in [0.1, 0.15) is 28.4 Å². The molecule has 4 nitrogen and oxygen atoms in total. The molecule has 142 valence electrons. The van der Waals surface area contributed by atoms with Gasteiger partial charge in [-0.2, -0.15) is 0 Å². The molecular weight excluding hydrogens is 353 g/mol. The Morgan fingerprint density at radius 3 is 2.79 bits per heavy atom. The zero-order valence-electron chi connectivity index (χ0n) is 15.7. The number of halogens is 1. The van der Waals surface area contributed by atoms with E-state index in [-0.39, 0.29) is 11.7 Å². The van der Waals surface area contributed by atoms with Crippen LogP contribution >= 0.6 is 0 Å². The first-order chi connectivity index (χ1) is 13.6. The van der Waals surface area contributed by atoms with E-state index in [1.54, 1.807) is 24.4 Å². The van der Waals surface area contributed by atoms with Crippen molar-refractivity contribution in [1.82, 2.24) is 10.3 Å². The van der Waals surface area contributed by atoms with Gasteiger partial charge in [-0.1, -0.05) is 30.3 Å². The summed E-state index contributed by atoms with van der Waals surface area (Å²) in [6.45, 7) is 2.65. The molecule has 1 amide bonds. The van der Waals surface area contributed by atoms with Crippen molar-refractivity contribution in [2.45, 2.75) is 25.8 Å². The van der Waals surface area contributed by atoms with Gasteiger partial charge in [0, 0.05) is 30.0 Å². The smallest absolute Gasteiger partial charge is 0.251 e. The lowest BCUT2D eigenvalue weighted by Gasteiger charge is -2.24. The molecule has 3 aromatic rings. The van der Waals surface area contributed by atoms with E-state index in [0.29, 0.717) is 24.6 Å². The summed E-state index contributed by atoms with van der Waals surface area (Å²) in [5.74, 6) is 0.393. The number of carbonyl (C=O) groups excluding carboxylic acids is 1. The summed E-state index contributed by atoms with van der Waals surface area (Å²) in [5.41, 5.74) is 4.02. The summed E-state index contributed by atoms with van der Waals surface area (Å²) < 4.78 is 13.0. The van der Waals surface area contributed by atoms with E-state index >= 15 is 0 Å². The van der Waals surface area contributed by atoms with Gasteiger partial charge in [0.25, 0.3) is 5.91 Å². The molecule has 1 aliphatic rings. The van der Waals surface area contributed by atoms with Crippen molar-refractivity contribution in [1.29, 1.82) is 0 Å². The van der Waals surface area contributed by atoms with E-state index in [1.807, 2.05) is 18.2 Å². The average Bonchev–Trinajstić information content (AvgIpc) is 3.05. The zero-order chi connectivity index (χ0) is 19.5. The minimum atomic E-state index is -0.255. The van der Waals surface area contributed by atoms with Crippen molar-refractivity contribution < 1.29 is 9.18 Å². The molecule has 2 heterocycles. The van der Waals surface area contributed by atoms with Crippen LogP contribution in [0.25, 0.3) is 0 Å². The fourth-order valence-corrected chi connectivity index (χ4v) is 3.68. The third-order valence-corrected chi connectivity index (χ3v) is 5.07. The predicted molar refractivity (Wildman–Crippen MR) is 108 cm³/mol. The molecule has 5 heteroatoms. The second-order valence-corrected chi connectivity index (χ2v) is 7.09. The lowest BCUT2D eigenvalue weighted by Crippen LogP contribution is -2.27. The first-order valence-corrected chi connectivity index (χ1v) is 9.47. The lowest BCUT2D eigenvalue weighted by atomic mass is 10.1. The molecular formula is C23H22FN3O. The van der Waals surface area contributed by atoms with Gasteiger partial charge in [-0.25, -0.2) is 9.37 Å². The highest BCUT2D eigenvalue weighted by Gasteiger charge is 2.27. The number of rotatable bonds is 5. The molecule has 0 saturated heterocycles. The maximum absolute atomic E-state index is 13.0. The van der Waals surface area contributed by atoms with Crippen LogP contribution in [0.3, 0.4) is 0 Å². The second kappa shape index (κ2) is 7.80. The van der Waals surface area contributed by atoms with Gasteiger partial charge < -0.3 is 10.2 Å². The molecule has 0 fully saturated rings. The van der Waals surface area contributed by atoms with Crippen molar-refractivity contribution in [3.63, 3.8) is 0 Å². The highest BCUT2D eigenvalue weighted by atomic mass is 19.1. The average molecular weight is 375 g/mol. The molecule has 28 heavy (non-hydrogen) atoms. The van der Waals surface area contributed by atoms with Crippen molar-refractivity contribution in [3.8, 4) is 0 Å². The van der Waals surface area contributed by atoms with Gasteiger partial charge in [0.1, 0.15) is 11.6 Å². The Balaban J connectivity index is 1.45. The number of fused-ring (bicyclic) bond motifs is 1. The third-order valence-electron chi connectivity index (χ3n) is 5.07. The summed E-state index contributed by atoms with van der Waals surface area (Å²) in [4.78, 5) is 19.3. The Kier molecular flexibility index (Phi) is 5.06. The number of nitrogens with one attached hydrogen (secondary N) is 1. The van der Waals surface area contributed by atoms with Crippen LogP contribution in [-0.4, -0.2) is 23.5 Å². The molecule has 0 aliphatic carbocycles. The van der Waals surface area contributed by atoms with Crippen LogP contribution in [0, 0.1) is 5.82 Å². The number of benzene rings is 2. The number of anilines is 2. The van der Waals surface area contributed by atoms with Crippen molar-refractivity contribution in [2.24, 2.45) is 0 Å². The quantitative estimate of drug-likeness (QED) is 0.724. The van der Waals surface area contributed by atoms with Gasteiger partial charge >= 0.3 is 0 Å². The highest BCUT2D eigenvalue weighted by Crippen LogP contribution is 2.37. The molecule has 0 bridgehead atoms. The maximum Gasteiger partial charge on any atom is 0.251 e. The fourth-order valence-electron chi connectivity index (χ4n) is 3.68. The van der Waals surface area contributed by atoms with Gasteiger partial charge in [0.15, 0.2) is 0 Å². The number of nitrogens with zero attached hydrogens (tertiary/aromatic N) is 2. The molecule has 2 aromatic carbocycles. The number of carbonyl (C=O) groups is 1. The standard InChI is InChI=1S/C23H22FN3O/c1-16-14-18-4-2-3-5-21(18)27(16)22-15-19(11-13-25-22)23(28)26-12-10-17-6-8-20(24)9-7-17/h2-9,11,13,15-16H,10,12,14H2,1H3,(H,26,28). The van der Waals surface area contributed by atoms with Gasteiger partial charge in [0.2, 0.25) is 0 Å². The number of hydrogen-bond acceptors (Lipinski definition) is 3. The van der Waals surface area contributed by atoms with Crippen LogP contribution in [0.2, 0.25) is 0 Å². The Bertz CT molecular complexity index is 987. The van der Waals surface area contributed by atoms with E-state index in [9.17, 15) is 9.18 Å². The zero-order valence-corrected chi connectivity index (χ0v) is 15.7. The normalized spacial score (nSPS) is 15.4. The van der Waals surface area contributed by atoms with Crippen molar-refractivity contribution in [2.75, 3.05) is 11.4 Å². The maximum atomic E-state index is 13.0. The Labute approximate surface area is 164 Å². The number of amides is 1. The molecule has 0 spiro atoms. The summed E-state index contributed by atoms with van der Waals surface area (Å²) in [6, 6.07) is 18.5. The molecule has 1 N–H and O–H groups in total. The van der Waals surface area contributed by atoms with Gasteiger partial charge in [-0.3, -0.25) is 4.79 Å². The first kappa shape index (κ1) is 18.2. The number of hydrogen-bond donors (Lipinski definition) is 1. The Morgan fingerprint density at radius 1 is 1.18 bits per heavy atom. The minimum absolute atomic E-state index is 0.133. The van der Waals surface area contributed by atoms with E-state index in [1.165, 1.54) is 17.7 Å². The molecule has 1 unspecified atom stereocenters. The molecule has 0 saturated carbocycles. The highest BCUT2D eigenvalue weighted by molar-refractivity contribution is 5.95. The van der Waals surface area contributed by atoms with Gasteiger partial charge in [-0.15, -0.1) is 0 Å². The molecule has 1 aromatic heterocycles. The van der Waals surface area contributed by atoms with E-state index < -0.39 is 0 Å². The number of pyridine rings is 1. The third kappa shape index (κ3) is 3.74. The fraction of sp³-hybridized carbons (Fsp3) is 0.217. The van der Waals surface area contributed by atoms with Crippen LogP contribution in [0.15, 0.2) is 66.9 Å². The van der Waals surface area contributed by atoms with Crippen LogP contribution in [0.5, 0.6) is 0 Å². The van der Waals surface area contributed by atoms with Crippen LogP contribution in [0.4, 0.5) is 15.9 Å². The number of aromatic nitrogens is 1. The Hall–Kier alpha value is -3.21. The SMILES string of the molecule is CC1Cc2ccccc2N1c1cc(C(=O)NCCc2ccc(F)cc2)ccn1. The lowest BCUT2D eigenvalue weighted by molar-refractivity contribution is 0.0954. The summed E-state index contributed by atoms with van der Waals surface area (Å²) >= 11 is 0. The first-order valence-electron chi connectivity index (χ1n) is 9.47. The summed E-state index contributed by atoms with van der Waals surface area (Å²) in [6.07, 6.45) is 3.30. The summed E-state index contributed by atoms with van der Waals surface area (Å²) in [5, 5.41) is 2.93. The number of para-hydroxylation sites is 1. The minimum Gasteiger partial charge on any atom is -0.352 e. The second-order valence-electron chi connectivity index (χ2n) is 7.09. The summed E-state index contributed by atoms with van der Waals surface area (Å²) in [7, 11) is 0. The Morgan fingerprint density at radius 2 is 1.96 bits per heavy atom. The van der Waals surface area contributed by atoms with Crippen molar-refractivity contribution in [3.05, 3.63) is 89.4 Å². The molecule has 0 radical (unpaired) electrons. The van der Waals surface area contributed by atoms with E-state index in [4.69, 9.17) is 0 Å². The van der Waals surface area contributed by atoms with Crippen LogP contribution in [-0.2, 0) is 12.8 Å². The monoisotopic (exact) mass is 375 g/mol. The predicted octanol–water partition coefficient (Wildman–Crippen LogP) is 4.28. The van der Waals surface area contributed by atoms with Crippen LogP contribution < -0.4 is 10.2 Å². The van der Waals surface area contributed by atoms with Gasteiger partial charge in [-0.05, 0) is 61.2 Å². The molecule has 1 atom stereocenters. The topological polar surface area (TPSA) is 45.2 Å². The van der Waals surface area contributed by atoms with Crippen molar-refractivity contribution >= 4 is 17.4 Å². The van der Waals surface area contributed by atoms with Gasteiger partial charge in [0.05, 0.1) is 0 Å². The molecule has 4 rings (SSSR count). The molecule has 1 aliphatic heterocycles. The van der Waals surface area contributed by atoms with E-state index in [2.05, 4.69) is 34.3 Å². The largest absolute Gasteiger partial charge is 0.352 e.